The van der Waals surface area contributed by atoms with E-state index in [0.29, 0.717) is 18.5 Å². The Hall–Kier alpha value is -2.98. The van der Waals surface area contributed by atoms with Gasteiger partial charge in [-0.15, -0.1) is 0 Å². The van der Waals surface area contributed by atoms with E-state index in [1.165, 1.54) is 43.4 Å². The van der Waals surface area contributed by atoms with Crippen molar-refractivity contribution in [3.63, 3.8) is 0 Å². The molecule has 0 aromatic heterocycles. The topological polar surface area (TPSA) is 116 Å². The third-order valence-corrected chi connectivity index (χ3v) is 5.70. The van der Waals surface area contributed by atoms with Crippen molar-refractivity contribution in [1.82, 2.24) is 15.4 Å². The molecule has 2 aromatic rings. The molecule has 0 bridgehead atoms. The Labute approximate surface area is 175 Å². The lowest BCUT2D eigenvalue weighted by Crippen LogP contribution is -2.47. The first kappa shape index (κ1) is 23.3. The minimum Gasteiger partial charge on any atom is -0.334 e. The fraction of sp³-hybridized carbons (Fsp3) is 0.300. The van der Waals surface area contributed by atoms with E-state index in [2.05, 4.69) is 20.7 Å². The quantitative estimate of drug-likeness (QED) is 0.483. The number of carbonyl (C=O) groups is 2. The van der Waals surface area contributed by atoms with Crippen molar-refractivity contribution < 1.29 is 22.4 Å². The molecule has 0 aliphatic heterocycles. The second-order valence-corrected chi connectivity index (χ2v) is 8.40. The molecule has 0 spiro atoms. The van der Waals surface area contributed by atoms with Gasteiger partial charge in [-0.05, 0) is 55.4 Å². The first-order chi connectivity index (χ1) is 14.2. The van der Waals surface area contributed by atoms with E-state index in [1.807, 2.05) is 6.92 Å². The summed E-state index contributed by atoms with van der Waals surface area (Å²) in [5.41, 5.74) is 1.13. The van der Waals surface area contributed by atoms with Gasteiger partial charge in [0.05, 0.1) is 4.90 Å². The van der Waals surface area contributed by atoms with Gasteiger partial charge in [0.15, 0.2) is 0 Å². The van der Waals surface area contributed by atoms with E-state index in [-0.39, 0.29) is 17.3 Å². The Morgan fingerprint density at radius 2 is 1.67 bits per heavy atom. The molecule has 1 atom stereocenters. The van der Waals surface area contributed by atoms with Gasteiger partial charge in [-0.2, -0.15) is 0 Å². The van der Waals surface area contributed by atoms with Crippen LogP contribution in [0.25, 0.3) is 0 Å². The van der Waals surface area contributed by atoms with E-state index in [1.54, 1.807) is 12.1 Å². The van der Waals surface area contributed by atoms with Crippen LogP contribution < -0.4 is 20.7 Å². The van der Waals surface area contributed by atoms with Gasteiger partial charge in [0.1, 0.15) is 11.9 Å². The zero-order valence-corrected chi connectivity index (χ0v) is 17.6. The number of hydrogen-bond acceptors (Lipinski definition) is 4. The van der Waals surface area contributed by atoms with Crippen LogP contribution in [0.4, 0.5) is 14.9 Å². The monoisotopic (exact) mass is 436 g/mol. The molecule has 3 amide bonds. The standard InChI is InChI=1S/C20H25FN4O4S/c1-3-4-18(25-20(27)23-13-14-5-7-15(21)8-6-14)19(26)24-16-9-11-17(12-10-16)30(28,29)22-2/h5-12,18,22H,3-4,13H2,1-2H3,(H,24,26)(H2,23,25,27). The Morgan fingerprint density at radius 1 is 1.03 bits per heavy atom. The Morgan fingerprint density at radius 3 is 2.23 bits per heavy atom. The Balaban J connectivity index is 1.94. The minimum absolute atomic E-state index is 0.0754. The average Bonchev–Trinajstić information content (AvgIpc) is 2.73. The van der Waals surface area contributed by atoms with Crippen LogP contribution in [0.2, 0.25) is 0 Å². The van der Waals surface area contributed by atoms with Crippen LogP contribution in [0.1, 0.15) is 25.3 Å². The maximum atomic E-state index is 12.9. The molecule has 4 N–H and O–H groups in total. The molecule has 0 aliphatic rings. The summed E-state index contributed by atoms with van der Waals surface area (Å²) in [5.74, 6) is -0.780. The fourth-order valence-electron chi connectivity index (χ4n) is 2.62. The Kier molecular flexibility index (Phi) is 8.31. The van der Waals surface area contributed by atoms with Crippen LogP contribution in [0.5, 0.6) is 0 Å². The van der Waals surface area contributed by atoms with Crippen LogP contribution in [0.15, 0.2) is 53.4 Å². The van der Waals surface area contributed by atoms with Crippen molar-refractivity contribution in [3.05, 3.63) is 59.9 Å². The molecule has 2 aromatic carbocycles. The van der Waals surface area contributed by atoms with E-state index in [4.69, 9.17) is 0 Å². The zero-order valence-electron chi connectivity index (χ0n) is 16.7. The summed E-state index contributed by atoms with van der Waals surface area (Å²) in [6, 6.07) is 10.1. The van der Waals surface area contributed by atoms with Crippen molar-refractivity contribution in [1.29, 1.82) is 0 Å². The molecular weight excluding hydrogens is 411 g/mol. The molecule has 2 rings (SSSR count). The van der Waals surface area contributed by atoms with Gasteiger partial charge in [0.25, 0.3) is 0 Å². The van der Waals surface area contributed by atoms with Crippen LogP contribution >= 0.6 is 0 Å². The van der Waals surface area contributed by atoms with Gasteiger partial charge in [-0.1, -0.05) is 25.5 Å². The number of halogens is 1. The highest BCUT2D eigenvalue weighted by molar-refractivity contribution is 7.89. The van der Waals surface area contributed by atoms with Gasteiger partial charge >= 0.3 is 6.03 Å². The summed E-state index contributed by atoms with van der Waals surface area (Å²) in [7, 11) is -2.25. The highest BCUT2D eigenvalue weighted by Crippen LogP contribution is 2.14. The molecule has 30 heavy (non-hydrogen) atoms. The highest BCUT2D eigenvalue weighted by atomic mass is 32.2. The Bertz CT molecular complexity index is 963. The number of sulfonamides is 1. The van der Waals surface area contributed by atoms with Gasteiger partial charge in [0, 0.05) is 12.2 Å². The van der Waals surface area contributed by atoms with Crippen molar-refractivity contribution in [2.24, 2.45) is 0 Å². The summed E-state index contributed by atoms with van der Waals surface area (Å²) >= 11 is 0. The molecule has 0 fully saturated rings. The van der Waals surface area contributed by atoms with E-state index in [0.717, 1.165) is 5.56 Å². The second kappa shape index (κ2) is 10.7. The van der Waals surface area contributed by atoms with E-state index in [9.17, 15) is 22.4 Å². The largest absolute Gasteiger partial charge is 0.334 e. The number of rotatable bonds is 9. The van der Waals surface area contributed by atoms with Crippen molar-refractivity contribution in [3.8, 4) is 0 Å². The molecule has 10 heteroatoms. The summed E-state index contributed by atoms with van der Waals surface area (Å²) in [4.78, 5) is 24.8. The molecule has 0 saturated carbocycles. The molecule has 0 aliphatic carbocycles. The predicted octanol–water partition coefficient (Wildman–Crippen LogP) is 2.34. The van der Waals surface area contributed by atoms with Crippen LogP contribution in [-0.2, 0) is 21.4 Å². The van der Waals surface area contributed by atoms with Gasteiger partial charge in [-0.25, -0.2) is 22.3 Å². The van der Waals surface area contributed by atoms with Gasteiger partial charge in [-0.3, -0.25) is 4.79 Å². The lowest BCUT2D eigenvalue weighted by atomic mass is 10.1. The maximum Gasteiger partial charge on any atom is 0.315 e. The number of amides is 3. The summed E-state index contributed by atoms with van der Waals surface area (Å²) < 4.78 is 38.7. The van der Waals surface area contributed by atoms with Crippen molar-refractivity contribution >= 4 is 27.6 Å². The SMILES string of the molecule is CCCC(NC(=O)NCc1ccc(F)cc1)C(=O)Nc1ccc(S(=O)(=O)NC)cc1. The van der Waals surface area contributed by atoms with Crippen LogP contribution in [-0.4, -0.2) is 33.4 Å². The number of benzene rings is 2. The lowest BCUT2D eigenvalue weighted by molar-refractivity contribution is -0.118. The fourth-order valence-corrected chi connectivity index (χ4v) is 3.35. The van der Waals surface area contributed by atoms with Gasteiger partial charge < -0.3 is 16.0 Å². The second-order valence-electron chi connectivity index (χ2n) is 6.52. The molecule has 0 heterocycles. The molecule has 8 nitrogen and oxygen atoms in total. The normalized spacial score (nSPS) is 12.1. The lowest BCUT2D eigenvalue weighted by Gasteiger charge is -2.18. The molecule has 162 valence electrons. The number of hydrogen-bond donors (Lipinski definition) is 4. The average molecular weight is 437 g/mol. The van der Waals surface area contributed by atoms with Crippen molar-refractivity contribution in [2.75, 3.05) is 12.4 Å². The molecule has 1 unspecified atom stereocenters. The third-order valence-electron chi connectivity index (χ3n) is 4.27. The van der Waals surface area contributed by atoms with Crippen LogP contribution in [0.3, 0.4) is 0 Å². The van der Waals surface area contributed by atoms with E-state index >= 15 is 0 Å². The van der Waals surface area contributed by atoms with Crippen LogP contribution in [0, 0.1) is 5.82 Å². The number of anilines is 1. The highest BCUT2D eigenvalue weighted by Gasteiger charge is 2.20. The molecule has 0 radical (unpaired) electrons. The van der Waals surface area contributed by atoms with Gasteiger partial charge in [0.2, 0.25) is 15.9 Å². The first-order valence-electron chi connectivity index (χ1n) is 9.38. The smallest absolute Gasteiger partial charge is 0.315 e. The third kappa shape index (κ3) is 6.82. The first-order valence-corrected chi connectivity index (χ1v) is 10.9. The minimum atomic E-state index is -3.56. The summed E-state index contributed by atoms with van der Waals surface area (Å²) in [6.45, 7) is 2.07. The number of nitrogens with one attached hydrogen (secondary N) is 4. The molecular formula is C20H25FN4O4S. The number of urea groups is 1. The molecule has 0 saturated heterocycles. The number of carbonyl (C=O) groups excluding carboxylic acids is 2. The zero-order chi connectivity index (χ0) is 22.1. The van der Waals surface area contributed by atoms with E-state index < -0.39 is 28.0 Å². The van der Waals surface area contributed by atoms with Crippen molar-refractivity contribution in [2.45, 2.75) is 37.2 Å². The summed E-state index contributed by atoms with van der Waals surface area (Å²) in [5, 5.41) is 7.92. The predicted molar refractivity (Wildman–Crippen MR) is 112 cm³/mol. The maximum absolute atomic E-state index is 12.9. The summed E-state index contributed by atoms with van der Waals surface area (Å²) in [6.07, 6.45) is 1.08.